The molecule has 0 unspecified atom stereocenters. The van der Waals surface area contributed by atoms with Crippen LogP contribution in [0, 0.1) is 13.8 Å². The Morgan fingerprint density at radius 2 is 1.89 bits per heavy atom. The summed E-state index contributed by atoms with van der Waals surface area (Å²) in [5.74, 6) is -0.420. The number of aryl methyl sites for hydroxylation is 2. The molecule has 2 aromatic heterocycles. The summed E-state index contributed by atoms with van der Waals surface area (Å²) in [6.45, 7) is 9.48. The summed E-state index contributed by atoms with van der Waals surface area (Å²) in [6, 6.07) is 7.36. The first kappa shape index (κ1) is 19.3. The van der Waals surface area contributed by atoms with Gasteiger partial charge in [0.05, 0.1) is 17.8 Å². The third-order valence-electron chi connectivity index (χ3n) is 4.80. The van der Waals surface area contributed by atoms with Crippen molar-refractivity contribution in [2.75, 3.05) is 0 Å². The fourth-order valence-corrected chi connectivity index (χ4v) is 3.96. The van der Waals surface area contributed by atoms with Gasteiger partial charge in [0.15, 0.2) is 0 Å². The molecule has 2 heterocycles. The van der Waals surface area contributed by atoms with Gasteiger partial charge in [0, 0.05) is 10.4 Å². The number of aromatic nitrogens is 2. The molecule has 3 aromatic rings. The molecule has 0 bridgehead atoms. The topological polar surface area (TPSA) is 61.2 Å². The predicted molar refractivity (Wildman–Crippen MR) is 109 cm³/mol. The van der Waals surface area contributed by atoms with Crippen molar-refractivity contribution in [3.8, 4) is 11.1 Å². The summed E-state index contributed by atoms with van der Waals surface area (Å²) in [4.78, 5) is 31.8. The Balaban J connectivity index is 2.11. The molecule has 0 aliphatic rings. The highest BCUT2D eigenvalue weighted by atomic mass is 32.1. The zero-order valence-electron chi connectivity index (χ0n) is 16.3. The molecule has 0 N–H and O–H groups in total. The van der Waals surface area contributed by atoms with Gasteiger partial charge in [-0.25, -0.2) is 9.78 Å². The molecule has 142 valence electrons. The highest BCUT2D eigenvalue weighted by Crippen LogP contribution is 2.35. The molecule has 2 atom stereocenters. The van der Waals surface area contributed by atoms with E-state index in [0.717, 1.165) is 28.0 Å². The van der Waals surface area contributed by atoms with Crippen LogP contribution in [0.15, 0.2) is 35.4 Å². The molecular formula is C21H24N2O3S. The minimum absolute atomic E-state index is 0.182. The standard InChI is InChI=1S/C21H24N2O3S/c1-6-13(3)26-21(25)14(4)23-11-22-19-18(20(23)24)17(15(5)27-19)16-9-7-12(2)8-10-16/h7-11,13-14H,6H2,1-5H3/t13-,14+/m1/s1. The third kappa shape index (κ3) is 3.67. The monoisotopic (exact) mass is 384 g/mol. The Labute approximate surface area is 162 Å². The van der Waals surface area contributed by atoms with E-state index < -0.39 is 12.0 Å². The van der Waals surface area contributed by atoms with Crippen LogP contribution in [-0.4, -0.2) is 21.6 Å². The smallest absolute Gasteiger partial charge is 0.329 e. The highest BCUT2D eigenvalue weighted by molar-refractivity contribution is 7.19. The van der Waals surface area contributed by atoms with Gasteiger partial charge < -0.3 is 4.74 Å². The van der Waals surface area contributed by atoms with Crippen molar-refractivity contribution in [1.82, 2.24) is 9.55 Å². The van der Waals surface area contributed by atoms with Crippen LogP contribution >= 0.6 is 11.3 Å². The van der Waals surface area contributed by atoms with Crippen LogP contribution in [0.3, 0.4) is 0 Å². The lowest BCUT2D eigenvalue weighted by Crippen LogP contribution is -2.31. The number of carbonyl (C=O) groups is 1. The van der Waals surface area contributed by atoms with Crippen LogP contribution in [0.5, 0.6) is 0 Å². The lowest BCUT2D eigenvalue weighted by Gasteiger charge is -2.17. The Hall–Kier alpha value is -2.47. The minimum Gasteiger partial charge on any atom is -0.461 e. The lowest BCUT2D eigenvalue weighted by molar-refractivity contribution is -0.152. The van der Waals surface area contributed by atoms with Gasteiger partial charge in [0.1, 0.15) is 10.9 Å². The van der Waals surface area contributed by atoms with Crippen molar-refractivity contribution in [1.29, 1.82) is 0 Å². The van der Waals surface area contributed by atoms with E-state index in [1.54, 1.807) is 6.92 Å². The minimum atomic E-state index is -0.727. The third-order valence-corrected chi connectivity index (χ3v) is 5.82. The molecule has 0 spiro atoms. The van der Waals surface area contributed by atoms with Gasteiger partial charge in [-0.15, -0.1) is 11.3 Å². The molecule has 27 heavy (non-hydrogen) atoms. The number of hydrogen-bond donors (Lipinski definition) is 0. The molecule has 0 fully saturated rings. The molecule has 0 aliphatic heterocycles. The van der Waals surface area contributed by atoms with Gasteiger partial charge in [0.25, 0.3) is 5.56 Å². The van der Waals surface area contributed by atoms with Gasteiger partial charge in [-0.1, -0.05) is 36.8 Å². The molecule has 5 nitrogen and oxygen atoms in total. The predicted octanol–water partition coefficient (Wildman–Crippen LogP) is 4.64. The van der Waals surface area contributed by atoms with Crippen LogP contribution in [0.2, 0.25) is 0 Å². The second kappa shape index (κ2) is 7.64. The Kier molecular flexibility index (Phi) is 5.46. The Morgan fingerprint density at radius 3 is 2.52 bits per heavy atom. The molecule has 3 rings (SSSR count). The molecular weight excluding hydrogens is 360 g/mol. The summed E-state index contributed by atoms with van der Waals surface area (Å²) in [5, 5.41) is 0.562. The van der Waals surface area contributed by atoms with Crippen molar-refractivity contribution in [3.05, 3.63) is 51.4 Å². The normalized spacial score (nSPS) is 13.5. The highest BCUT2D eigenvalue weighted by Gasteiger charge is 2.23. The number of benzene rings is 1. The Morgan fingerprint density at radius 1 is 1.22 bits per heavy atom. The van der Waals surface area contributed by atoms with Crippen LogP contribution in [0.25, 0.3) is 21.3 Å². The van der Waals surface area contributed by atoms with Crippen LogP contribution in [-0.2, 0) is 9.53 Å². The quantitative estimate of drug-likeness (QED) is 0.601. The van der Waals surface area contributed by atoms with E-state index in [-0.39, 0.29) is 11.7 Å². The van der Waals surface area contributed by atoms with Crippen LogP contribution < -0.4 is 5.56 Å². The molecule has 1 aromatic carbocycles. The van der Waals surface area contributed by atoms with Gasteiger partial charge in [-0.3, -0.25) is 9.36 Å². The van der Waals surface area contributed by atoms with Crippen molar-refractivity contribution < 1.29 is 9.53 Å². The molecule has 0 saturated heterocycles. The number of nitrogens with zero attached hydrogens (tertiary/aromatic N) is 2. The van der Waals surface area contributed by atoms with Gasteiger partial charge in [-0.2, -0.15) is 0 Å². The van der Waals surface area contributed by atoms with E-state index >= 15 is 0 Å². The van der Waals surface area contributed by atoms with Crippen molar-refractivity contribution in [2.45, 2.75) is 53.2 Å². The maximum Gasteiger partial charge on any atom is 0.329 e. The zero-order valence-corrected chi connectivity index (χ0v) is 17.1. The average Bonchev–Trinajstić information content (AvgIpc) is 2.99. The van der Waals surface area contributed by atoms with Crippen LogP contribution in [0.4, 0.5) is 0 Å². The zero-order chi connectivity index (χ0) is 19.7. The van der Waals surface area contributed by atoms with E-state index in [9.17, 15) is 9.59 Å². The second-order valence-electron chi connectivity index (χ2n) is 6.87. The van der Waals surface area contributed by atoms with E-state index in [0.29, 0.717) is 10.2 Å². The number of fused-ring (bicyclic) bond motifs is 1. The fraction of sp³-hybridized carbons (Fsp3) is 0.381. The van der Waals surface area contributed by atoms with Gasteiger partial charge in [0.2, 0.25) is 0 Å². The maximum absolute atomic E-state index is 13.2. The summed E-state index contributed by atoms with van der Waals surface area (Å²) < 4.78 is 6.76. The van der Waals surface area contributed by atoms with E-state index in [1.165, 1.54) is 22.2 Å². The number of esters is 1. The summed E-state index contributed by atoms with van der Waals surface area (Å²) >= 11 is 1.49. The Bertz CT molecular complexity index is 1030. The second-order valence-corrected chi connectivity index (χ2v) is 8.07. The van der Waals surface area contributed by atoms with Crippen LogP contribution in [0.1, 0.15) is 43.7 Å². The maximum atomic E-state index is 13.2. The molecule has 0 saturated carbocycles. The molecule has 0 amide bonds. The number of thiophene rings is 1. The molecule has 0 aliphatic carbocycles. The van der Waals surface area contributed by atoms with Gasteiger partial charge >= 0.3 is 5.97 Å². The first-order chi connectivity index (χ1) is 12.8. The first-order valence-corrected chi connectivity index (χ1v) is 9.92. The number of rotatable bonds is 5. The summed E-state index contributed by atoms with van der Waals surface area (Å²) in [7, 11) is 0. The molecule has 0 radical (unpaired) electrons. The summed E-state index contributed by atoms with van der Waals surface area (Å²) in [6.07, 6.45) is 1.99. The average molecular weight is 385 g/mol. The number of carbonyl (C=O) groups excluding carboxylic acids is 1. The molecule has 6 heteroatoms. The van der Waals surface area contributed by atoms with Crippen molar-refractivity contribution >= 4 is 27.5 Å². The van der Waals surface area contributed by atoms with Crippen molar-refractivity contribution in [2.24, 2.45) is 0 Å². The van der Waals surface area contributed by atoms with Gasteiger partial charge in [-0.05, 0) is 39.7 Å². The SMILES string of the molecule is CC[C@@H](C)OC(=O)[C@H](C)n1cnc2sc(C)c(-c3ccc(C)cc3)c2c1=O. The first-order valence-electron chi connectivity index (χ1n) is 9.11. The van der Waals surface area contributed by atoms with E-state index in [2.05, 4.69) is 4.98 Å². The van der Waals surface area contributed by atoms with E-state index in [1.807, 2.05) is 52.0 Å². The fourth-order valence-electron chi connectivity index (χ4n) is 2.95. The lowest BCUT2D eigenvalue weighted by atomic mass is 10.0. The van der Waals surface area contributed by atoms with E-state index in [4.69, 9.17) is 4.74 Å². The largest absolute Gasteiger partial charge is 0.461 e. The number of ether oxygens (including phenoxy) is 1. The van der Waals surface area contributed by atoms with Crippen molar-refractivity contribution in [3.63, 3.8) is 0 Å². The number of hydrogen-bond acceptors (Lipinski definition) is 5. The summed E-state index contributed by atoms with van der Waals surface area (Å²) in [5.41, 5.74) is 2.82.